The molecular formula is C17H19ClN6O2. The van der Waals surface area contributed by atoms with E-state index in [0.717, 1.165) is 16.6 Å². The lowest BCUT2D eigenvalue weighted by Gasteiger charge is -2.16. The molecule has 0 aliphatic rings. The number of aromatic nitrogens is 4. The van der Waals surface area contributed by atoms with Gasteiger partial charge in [0.1, 0.15) is 11.8 Å². The summed E-state index contributed by atoms with van der Waals surface area (Å²) in [7, 11) is 1.64. The van der Waals surface area contributed by atoms with Crippen LogP contribution >= 0.6 is 11.6 Å². The highest BCUT2D eigenvalue weighted by atomic mass is 35.5. The molecule has 3 rings (SSSR count). The molecule has 2 aromatic heterocycles. The third kappa shape index (κ3) is 3.15. The molecule has 2 N–H and O–H groups in total. The Morgan fingerprint density at radius 1 is 1.27 bits per heavy atom. The number of nitrogens with zero attached hydrogens (tertiary/aromatic N) is 5. The number of benzene rings is 1. The molecule has 0 saturated heterocycles. The van der Waals surface area contributed by atoms with Crippen LogP contribution in [0.3, 0.4) is 0 Å². The van der Waals surface area contributed by atoms with Gasteiger partial charge < -0.3 is 10.6 Å². The highest BCUT2D eigenvalue weighted by molar-refractivity contribution is 6.30. The van der Waals surface area contributed by atoms with Gasteiger partial charge in [0, 0.05) is 18.6 Å². The Balaban J connectivity index is 2.17. The molecule has 26 heavy (non-hydrogen) atoms. The average Bonchev–Trinajstić information content (AvgIpc) is 2.90. The Kier molecular flexibility index (Phi) is 4.94. The first-order valence-corrected chi connectivity index (χ1v) is 8.53. The van der Waals surface area contributed by atoms with Crippen LogP contribution in [-0.2, 0) is 6.54 Å². The summed E-state index contributed by atoms with van der Waals surface area (Å²) in [6, 6.07) is 6.65. The number of amides is 1. The molecule has 136 valence electrons. The smallest absolute Gasteiger partial charge is 0.339 e. The largest absolute Gasteiger partial charge is 0.382 e. The molecule has 8 nitrogen and oxygen atoms in total. The number of hydrogen-bond acceptors (Lipinski definition) is 5. The van der Waals surface area contributed by atoms with Gasteiger partial charge in [-0.25, -0.2) is 24.1 Å². The third-order valence-electron chi connectivity index (χ3n) is 4.06. The second kappa shape index (κ2) is 7.17. The molecule has 0 bridgehead atoms. The SMILES string of the molecule is CCCN(C)C(=O)n1c(=O)n(Cc2ccc(Cl)cc2)c2ncnc(N)c21. The summed E-state index contributed by atoms with van der Waals surface area (Å²) in [5.41, 5.74) is 6.83. The van der Waals surface area contributed by atoms with Crippen LogP contribution in [0.1, 0.15) is 18.9 Å². The van der Waals surface area contributed by atoms with E-state index in [9.17, 15) is 9.59 Å². The van der Waals surface area contributed by atoms with Crippen molar-refractivity contribution in [2.75, 3.05) is 19.3 Å². The second-order valence-electron chi connectivity index (χ2n) is 5.97. The van der Waals surface area contributed by atoms with Crippen LogP contribution in [0.25, 0.3) is 11.2 Å². The standard InChI is InChI=1S/C17H19ClN6O2/c1-3-8-22(2)16(25)24-13-14(19)20-10-21-15(13)23(17(24)26)9-11-4-6-12(18)7-5-11/h4-7,10H,3,8-9H2,1-2H3,(H2,19,20,21). The maximum atomic E-state index is 13.0. The number of imidazole rings is 1. The fourth-order valence-electron chi connectivity index (χ4n) is 2.80. The first-order chi connectivity index (χ1) is 12.4. The van der Waals surface area contributed by atoms with Gasteiger partial charge in [0.05, 0.1) is 6.54 Å². The minimum absolute atomic E-state index is 0.0835. The van der Waals surface area contributed by atoms with E-state index in [2.05, 4.69) is 9.97 Å². The normalized spacial score (nSPS) is 11.0. The number of rotatable bonds is 4. The Morgan fingerprint density at radius 2 is 1.96 bits per heavy atom. The molecule has 0 aliphatic heterocycles. The molecule has 0 fully saturated rings. The molecule has 0 spiro atoms. The fraction of sp³-hybridized carbons (Fsp3) is 0.294. The number of nitrogens with two attached hydrogens (primary N) is 1. The molecule has 3 aromatic rings. The number of hydrogen-bond donors (Lipinski definition) is 1. The summed E-state index contributed by atoms with van der Waals surface area (Å²) in [5.74, 6) is 0.0835. The van der Waals surface area contributed by atoms with Crippen molar-refractivity contribution in [1.29, 1.82) is 0 Å². The molecule has 0 saturated carbocycles. The van der Waals surface area contributed by atoms with Crippen LogP contribution in [0.4, 0.5) is 10.6 Å². The zero-order valence-corrected chi connectivity index (χ0v) is 15.3. The van der Waals surface area contributed by atoms with E-state index in [0.29, 0.717) is 17.2 Å². The maximum absolute atomic E-state index is 13.0. The van der Waals surface area contributed by atoms with E-state index in [4.69, 9.17) is 17.3 Å². The highest BCUT2D eigenvalue weighted by Crippen LogP contribution is 2.18. The lowest BCUT2D eigenvalue weighted by molar-refractivity contribution is 0.210. The maximum Gasteiger partial charge on any atom is 0.339 e. The Labute approximate surface area is 154 Å². The van der Waals surface area contributed by atoms with Crippen molar-refractivity contribution in [1.82, 2.24) is 24.0 Å². The first-order valence-electron chi connectivity index (χ1n) is 8.15. The summed E-state index contributed by atoms with van der Waals surface area (Å²) in [4.78, 5) is 35.4. The van der Waals surface area contributed by atoms with Crippen molar-refractivity contribution in [2.24, 2.45) is 0 Å². The van der Waals surface area contributed by atoms with Gasteiger partial charge in [0.25, 0.3) is 0 Å². The van der Waals surface area contributed by atoms with Crippen molar-refractivity contribution in [3.05, 3.63) is 51.7 Å². The zero-order chi connectivity index (χ0) is 18.8. The van der Waals surface area contributed by atoms with Crippen LogP contribution in [0.5, 0.6) is 0 Å². The van der Waals surface area contributed by atoms with Crippen LogP contribution in [0, 0.1) is 0 Å². The number of carbonyl (C=O) groups excluding carboxylic acids is 1. The van der Waals surface area contributed by atoms with E-state index in [1.165, 1.54) is 15.8 Å². The zero-order valence-electron chi connectivity index (χ0n) is 14.5. The van der Waals surface area contributed by atoms with Gasteiger partial charge in [-0.05, 0) is 24.1 Å². The van der Waals surface area contributed by atoms with Crippen molar-refractivity contribution >= 4 is 34.6 Å². The Hall–Kier alpha value is -2.87. The van der Waals surface area contributed by atoms with Crippen LogP contribution in [0.2, 0.25) is 5.02 Å². The summed E-state index contributed by atoms with van der Waals surface area (Å²) in [5, 5.41) is 0.603. The number of halogens is 1. The summed E-state index contributed by atoms with van der Waals surface area (Å²) in [6.07, 6.45) is 2.05. The quantitative estimate of drug-likeness (QED) is 0.754. The van der Waals surface area contributed by atoms with Gasteiger partial charge >= 0.3 is 11.7 Å². The Bertz CT molecular complexity index is 1010. The predicted molar refractivity (Wildman–Crippen MR) is 100 cm³/mol. The molecule has 0 atom stereocenters. The van der Waals surface area contributed by atoms with E-state index in [-0.39, 0.29) is 17.9 Å². The minimum atomic E-state index is -0.505. The number of fused-ring (bicyclic) bond motifs is 1. The van der Waals surface area contributed by atoms with Gasteiger partial charge in [-0.3, -0.25) is 4.57 Å². The Morgan fingerprint density at radius 3 is 2.62 bits per heavy atom. The lowest BCUT2D eigenvalue weighted by atomic mass is 10.2. The van der Waals surface area contributed by atoms with Crippen LogP contribution < -0.4 is 11.4 Å². The number of anilines is 1. The molecular weight excluding hydrogens is 356 g/mol. The van der Waals surface area contributed by atoms with Gasteiger partial charge in [0.15, 0.2) is 11.5 Å². The molecule has 0 unspecified atom stereocenters. The van der Waals surface area contributed by atoms with Gasteiger partial charge in [-0.1, -0.05) is 30.7 Å². The van der Waals surface area contributed by atoms with Crippen molar-refractivity contribution < 1.29 is 4.79 Å². The lowest BCUT2D eigenvalue weighted by Crippen LogP contribution is -2.38. The summed E-state index contributed by atoms with van der Waals surface area (Å²) in [6.45, 7) is 2.71. The molecule has 1 amide bonds. The molecule has 0 radical (unpaired) electrons. The van der Waals surface area contributed by atoms with E-state index >= 15 is 0 Å². The minimum Gasteiger partial charge on any atom is -0.382 e. The van der Waals surface area contributed by atoms with E-state index in [1.807, 2.05) is 19.1 Å². The topological polar surface area (TPSA) is 99.0 Å². The van der Waals surface area contributed by atoms with Gasteiger partial charge in [-0.2, -0.15) is 0 Å². The van der Waals surface area contributed by atoms with Crippen molar-refractivity contribution in [3.8, 4) is 0 Å². The first kappa shape index (κ1) is 17.9. The number of carbonyl (C=O) groups is 1. The van der Waals surface area contributed by atoms with Crippen molar-refractivity contribution in [3.63, 3.8) is 0 Å². The van der Waals surface area contributed by atoms with E-state index in [1.54, 1.807) is 19.2 Å². The van der Waals surface area contributed by atoms with Crippen molar-refractivity contribution in [2.45, 2.75) is 19.9 Å². The van der Waals surface area contributed by atoms with Gasteiger partial charge in [-0.15, -0.1) is 0 Å². The average molecular weight is 375 g/mol. The van der Waals surface area contributed by atoms with E-state index < -0.39 is 11.7 Å². The number of nitrogen functional groups attached to an aromatic ring is 1. The van der Waals surface area contributed by atoms with Crippen LogP contribution in [-0.4, -0.2) is 43.6 Å². The fourth-order valence-corrected chi connectivity index (χ4v) is 2.92. The summed E-state index contributed by atoms with van der Waals surface area (Å²) < 4.78 is 2.45. The van der Waals surface area contributed by atoms with Crippen LogP contribution in [0.15, 0.2) is 35.4 Å². The molecule has 0 aliphatic carbocycles. The predicted octanol–water partition coefficient (Wildman–Crippen LogP) is 2.19. The van der Waals surface area contributed by atoms with Gasteiger partial charge in [0.2, 0.25) is 0 Å². The third-order valence-corrected chi connectivity index (χ3v) is 4.32. The second-order valence-corrected chi connectivity index (χ2v) is 6.40. The monoisotopic (exact) mass is 374 g/mol. The summed E-state index contributed by atoms with van der Waals surface area (Å²) >= 11 is 5.91. The molecule has 1 aromatic carbocycles. The molecule has 2 heterocycles. The molecule has 9 heteroatoms. The highest BCUT2D eigenvalue weighted by Gasteiger charge is 2.24.